The summed E-state index contributed by atoms with van der Waals surface area (Å²) in [6, 6.07) is 0. The van der Waals surface area contributed by atoms with E-state index in [-0.39, 0.29) is 0 Å². The second kappa shape index (κ2) is 3.53. The van der Waals surface area contributed by atoms with Gasteiger partial charge < -0.3 is 4.90 Å². The van der Waals surface area contributed by atoms with E-state index in [2.05, 4.69) is 36.3 Å². The van der Waals surface area contributed by atoms with Crippen LogP contribution in [-0.4, -0.2) is 22.4 Å². The van der Waals surface area contributed by atoms with Gasteiger partial charge in [0, 0.05) is 22.6 Å². The molecule has 0 fully saturated rings. The SMILES string of the molecule is BrC1=CCCN(c2ncns2)C1. The molecule has 3 nitrogen and oxygen atoms in total. The first-order valence-electron chi connectivity index (χ1n) is 3.72. The molecule has 1 aliphatic heterocycles. The van der Waals surface area contributed by atoms with Crippen LogP contribution in [0, 0.1) is 0 Å². The lowest BCUT2D eigenvalue weighted by molar-refractivity contribution is 0.811. The van der Waals surface area contributed by atoms with Gasteiger partial charge in [0.25, 0.3) is 0 Å². The van der Waals surface area contributed by atoms with Crippen molar-refractivity contribution in [2.75, 3.05) is 18.0 Å². The van der Waals surface area contributed by atoms with Gasteiger partial charge in [0.1, 0.15) is 6.33 Å². The van der Waals surface area contributed by atoms with Crippen LogP contribution in [0.4, 0.5) is 5.13 Å². The van der Waals surface area contributed by atoms with Crippen molar-refractivity contribution in [3.05, 3.63) is 16.9 Å². The van der Waals surface area contributed by atoms with Crippen molar-refractivity contribution < 1.29 is 0 Å². The normalized spacial score (nSPS) is 17.8. The highest BCUT2D eigenvalue weighted by Crippen LogP contribution is 2.22. The van der Waals surface area contributed by atoms with E-state index in [0.29, 0.717) is 0 Å². The second-order valence-electron chi connectivity index (χ2n) is 2.59. The number of halogens is 1. The maximum atomic E-state index is 4.16. The van der Waals surface area contributed by atoms with Crippen LogP contribution in [0.15, 0.2) is 16.9 Å². The highest BCUT2D eigenvalue weighted by molar-refractivity contribution is 9.11. The minimum Gasteiger partial charge on any atom is -0.342 e. The zero-order valence-corrected chi connectivity index (χ0v) is 8.81. The average molecular weight is 246 g/mol. The summed E-state index contributed by atoms with van der Waals surface area (Å²) in [5.41, 5.74) is 0. The fourth-order valence-electron chi connectivity index (χ4n) is 1.17. The number of rotatable bonds is 1. The maximum Gasteiger partial charge on any atom is 0.205 e. The summed E-state index contributed by atoms with van der Waals surface area (Å²) in [4.78, 5) is 6.38. The van der Waals surface area contributed by atoms with Gasteiger partial charge in [0.05, 0.1) is 6.54 Å². The third-order valence-electron chi connectivity index (χ3n) is 1.73. The Bertz CT molecular complexity index is 283. The molecule has 0 spiro atoms. The molecule has 0 bridgehead atoms. The zero-order valence-electron chi connectivity index (χ0n) is 6.40. The summed E-state index contributed by atoms with van der Waals surface area (Å²) in [7, 11) is 0. The molecule has 1 aromatic heterocycles. The molecule has 64 valence electrons. The first-order chi connectivity index (χ1) is 5.86. The van der Waals surface area contributed by atoms with E-state index >= 15 is 0 Å². The first-order valence-corrected chi connectivity index (χ1v) is 5.29. The number of hydrogen-bond acceptors (Lipinski definition) is 4. The van der Waals surface area contributed by atoms with Crippen LogP contribution in [0.5, 0.6) is 0 Å². The summed E-state index contributed by atoms with van der Waals surface area (Å²) < 4.78 is 5.22. The molecule has 5 heteroatoms. The Hall–Kier alpha value is -0.420. The molecular formula is C7H8BrN3S. The van der Waals surface area contributed by atoms with Gasteiger partial charge >= 0.3 is 0 Å². The van der Waals surface area contributed by atoms with Crippen molar-refractivity contribution in [3.63, 3.8) is 0 Å². The van der Waals surface area contributed by atoms with Gasteiger partial charge in [-0.3, -0.25) is 0 Å². The molecule has 0 saturated carbocycles. The van der Waals surface area contributed by atoms with E-state index in [1.807, 2.05) is 0 Å². The van der Waals surface area contributed by atoms with Crippen molar-refractivity contribution in [2.24, 2.45) is 0 Å². The first kappa shape index (κ1) is 8.19. The summed E-state index contributed by atoms with van der Waals surface area (Å²) in [5, 5.41) is 1.01. The summed E-state index contributed by atoms with van der Waals surface area (Å²) in [6.07, 6.45) is 4.89. The quantitative estimate of drug-likeness (QED) is 0.759. The van der Waals surface area contributed by atoms with Gasteiger partial charge in [0.15, 0.2) is 0 Å². The lowest BCUT2D eigenvalue weighted by Gasteiger charge is -2.23. The number of hydrogen-bond donors (Lipinski definition) is 0. The molecule has 2 heterocycles. The third-order valence-corrected chi connectivity index (χ3v) is 3.03. The number of aromatic nitrogens is 2. The van der Waals surface area contributed by atoms with Crippen molar-refractivity contribution in [3.8, 4) is 0 Å². The monoisotopic (exact) mass is 245 g/mol. The van der Waals surface area contributed by atoms with Gasteiger partial charge in [-0.25, -0.2) is 4.98 Å². The average Bonchev–Trinajstić information content (AvgIpc) is 2.56. The highest BCUT2D eigenvalue weighted by Gasteiger charge is 2.13. The van der Waals surface area contributed by atoms with Gasteiger partial charge in [-0.05, 0) is 6.42 Å². The summed E-state index contributed by atoms with van der Waals surface area (Å²) >= 11 is 4.94. The van der Waals surface area contributed by atoms with Crippen LogP contribution in [0.25, 0.3) is 0 Å². The molecule has 0 atom stereocenters. The van der Waals surface area contributed by atoms with Crippen LogP contribution in [-0.2, 0) is 0 Å². The fraction of sp³-hybridized carbons (Fsp3) is 0.429. The van der Waals surface area contributed by atoms with Crippen LogP contribution in [0.2, 0.25) is 0 Å². The van der Waals surface area contributed by atoms with Crippen LogP contribution in [0.3, 0.4) is 0 Å². The lowest BCUT2D eigenvalue weighted by Crippen LogP contribution is -2.28. The van der Waals surface area contributed by atoms with Gasteiger partial charge in [-0.1, -0.05) is 22.0 Å². The van der Waals surface area contributed by atoms with E-state index in [1.165, 1.54) is 16.0 Å². The topological polar surface area (TPSA) is 29.0 Å². The van der Waals surface area contributed by atoms with Gasteiger partial charge in [0.2, 0.25) is 5.13 Å². The van der Waals surface area contributed by atoms with E-state index in [1.54, 1.807) is 6.33 Å². The predicted molar refractivity (Wildman–Crippen MR) is 53.7 cm³/mol. The van der Waals surface area contributed by atoms with E-state index in [4.69, 9.17) is 0 Å². The van der Waals surface area contributed by atoms with Crippen molar-refractivity contribution in [1.29, 1.82) is 0 Å². The minimum absolute atomic E-state index is 0.926. The second-order valence-corrected chi connectivity index (χ2v) is 4.36. The van der Waals surface area contributed by atoms with Crippen molar-refractivity contribution in [1.82, 2.24) is 9.36 Å². The van der Waals surface area contributed by atoms with Crippen LogP contribution in [0.1, 0.15) is 6.42 Å². The summed E-state index contributed by atoms with van der Waals surface area (Å²) in [5.74, 6) is 0. The molecule has 0 aliphatic carbocycles. The van der Waals surface area contributed by atoms with Gasteiger partial charge in [-0.15, -0.1) is 0 Å². The Morgan fingerprint density at radius 1 is 1.58 bits per heavy atom. The van der Waals surface area contributed by atoms with E-state index in [0.717, 1.165) is 24.6 Å². The van der Waals surface area contributed by atoms with Gasteiger partial charge in [-0.2, -0.15) is 4.37 Å². The zero-order chi connectivity index (χ0) is 8.39. The Morgan fingerprint density at radius 2 is 2.50 bits per heavy atom. The number of anilines is 1. The fourth-order valence-corrected chi connectivity index (χ4v) is 2.26. The number of nitrogens with zero attached hydrogens (tertiary/aromatic N) is 3. The molecule has 0 aromatic carbocycles. The molecule has 1 aliphatic rings. The Kier molecular flexibility index (Phi) is 2.41. The lowest BCUT2D eigenvalue weighted by atomic mass is 10.3. The van der Waals surface area contributed by atoms with Crippen LogP contribution >= 0.6 is 27.5 Å². The Morgan fingerprint density at radius 3 is 3.17 bits per heavy atom. The molecular weight excluding hydrogens is 238 g/mol. The molecule has 0 N–H and O–H groups in total. The third kappa shape index (κ3) is 1.67. The largest absolute Gasteiger partial charge is 0.342 e. The Labute approximate surface area is 83.4 Å². The molecule has 1 aromatic rings. The molecule has 0 amide bonds. The maximum absolute atomic E-state index is 4.16. The Balaban J connectivity index is 2.12. The molecule has 2 rings (SSSR count). The van der Waals surface area contributed by atoms with E-state index in [9.17, 15) is 0 Å². The van der Waals surface area contributed by atoms with E-state index < -0.39 is 0 Å². The molecule has 0 saturated heterocycles. The van der Waals surface area contributed by atoms with Crippen molar-refractivity contribution in [2.45, 2.75) is 6.42 Å². The predicted octanol–water partition coefficient (Wildman–Crippen LogP) is 2.03. The molecule has 12 heavy (non-hydrogen) atoms. The van der Waals surface area contributed by atoms with Crippen molar-refractivity contribution >= 4 is 32.6 Å². The molecule has 0 unspecified atom stereocenters. The highest BCUT2D eigenvalue weighted by atomic mass is 79.9. The summed E-state index contributed by atoms with van der Waals surface area (Å²) in [6.45, 7) is 1.97. The smallest absolute Gasteiger partial charge is 0.205 e. The standard InChI is InChI=1S/C7H8BrN3S/c8-6-2-1-3-11(4-6)7-9-5-10-12-7/h2,5H,1,3-4H2. The minimum atomic E-state index is 0.926. The molecule has 0 radical (unpaired) electrons. The van der Waals surface area contributed by atoms with Crippen LogP contribution < -0.4 is 4.90 Å².